The van der Waals surface area contributed by atoms with E-state index in [4.69, 9.17) is 5.73 Å². The number of aromatic nitrogens is 1. The van der Waals surface area contributed by atoms with Crippen LogP contribution in [0.15, 0.2) is 18.5 Å². The molecule has 0 saturated carbocycles. The molecule has 1 saturated heterocycles. The van der Waals surface area contributed by atoms with Gasteiger partial charge in [-0.25, -0.2) is 0 Å². The zero-order chi connectivity index (χ0) is 15.2. The second-order valence-corrected chi connectivity index (χ2v) is 6.17. The summed E-state index contributed by atoms with van der Waals surface area (Å²) in [6, 6.07) is 2.94. The first-order valence-electron chi connectivity index (χ1n) is 7.90. The molecule has 2 unspecified atom stereocenters. The van der Waals surface area contributed by atoms with Gasteiger partial charge >= 0.3 is 0 Å². The molecule has 1 fully saturated rings. The predicted molar refractivity (Wildman–Crippen MR) is 88.4 cm³/mol. The van der Waals surface area contributed by atoms with Gasteiger partial charge in [-0.15, -0.1) is 0 Å². The molecule has 3 N–H and O–H groups in total. The zero-order valence-corrected chi connectivity index (χ0v) is 13.5. The van der Waals surface area contributed by atoms with Gasteiger partial charge in [0.1, 0.15) is 0 Å². The van der Waals surface area contributed by atoms with Gasteiger partial charge in [0.25, 0.3) is 0 Å². The van der Waals surface area contributed by atoms with Crippen molar-refractivity contribution in [2.45, 2.75) is 31.8 Å². The van der Waals surface area contributed by atoms with E-state index in [1.807, 2.05) is 12.3 Å². The van der Waals surface area contributed by atoms with Crippen LogP contribution in [0.1, 0.15) is 18.9 Å². The first-order valence-corrected chi connectivity index (χ1v) is 7.90. The highest BCUT2D eigenvalue weighted by atomic mass is 15.3. The number of pyridine rings is 1. The van der Waals surface area contributed by atoms with Gasteiger partial charge in [0.2, 0.25) is 0 Å². The van der Waals surface area contributed by atoms with Crippen LogP contribution in [0.2, 0.25) is 0 Å². The molecule has 2 heterocycles. The topological polar surface area (TPSA) is 57.4 Å². The second-order valence-electron chi connectivity index (χ2n) is 6.17. The van der Waals surface area contributed by atoms with Gasteiger partial charge in [-0.2, -0.15) is 0 Å². The lowest BCUT2D eigenvalue weighted by Gasteiger charge is -2.39. The number of nitrogens with zero attached hydrogens (tertiary/aromatic N) is 3. The van der Waals surface area contributed by atoms with E-state index >= 15 is 0 Å². The number of nitrogens with two attached hydrogens (primary N) is 1. The molecule has 2 rings (SSSR count). The normalized spacial score (nSPS) is 22.3. The minimum absolute atomic E-state index is 0.445. The van der Waals surface area contributed by atoms with Crippen LogP contribution in [0, 0.1) is 0 Å². The number of hydrogen-bond donors (Lipinski definition) is 2. The van der Waals surface area contributed by atoms with Gasteiger partial charge in [-0.1, -0.05) is 6.92 Å². The Morgan fingerprint density at radius 1 is 1.43 bits per heavy atom. The summed E-state index contributed by atoms with van der Waals surface area (Å²) in [5, 5.41) is 3.61. The van der Waals surface area contributed by atoms with Crippen molar-refractivity contribution >= 4 is 5.69 Å². The van der Waals surface area contributed by atoms with E-state index in [9.17, 15) is 0 Å². The first-order chi connectivity index (χ1) is 10.1. The summed E-state index contributed by atoms with van der Waals surface area (Å²) in [6.45, 7) is 6.60. The maximum absolute atomic E-state index is 6.06. The molecule has 21 heavy (non-hydrogen) atoms. The average Bonchev–Trinajstić information content (AvgIpc) is 2.45. The Morgan fingerprint density at radius 3 is 2.95 bits per heavy atom. The summed E-state index contributed by atoms with van der Waals surface area (Å²) in [7, 11) is 4.44. The fraction of sp³-hybridized carbons (Fsp3) is 0.688. The van der Waals surface area contributed by atoms with Crippen LogP contribution >= 0.6 is 0 Å². The minimum atomic E-state index is 0.445. The Bertz CT molecular complexity index is 436. The van der Waals surface area contributed by atoms with Crippen LogP contribution in [-0.4, -0.2) is 67.1 Å². The molecule has 1 aliphatic rings. The fourth-order valence-corrected chi connectivity index (χ4v) is 3.09. The summed E-state index contributed by atoms with van der Waals surface area (Å²) in [5.74, 6) is 0. The van der Waals surface area contributed by atoms with Crippen molar-refractivity contribution in [3.8, 4) is 0 Å². The number of nitrogens with one attached hydrogen (secondary N) is 1. The van der Waals surface area contributed by atoms with Crippen LogP contribution in [0.3, 0.4) is 0 Å². The van der Waals surface area contributed by atoms with Crippen LogP contribution in [0.25, 0.3) is 0 Å². The predicted octanol–water partition coefficient (Wildman–Crippen LogP) is 0.820. The lowest BCUT2D eigenvalue weighted by Crippen LogP contribution is -2.52. The molecule has 5 nitrogen and oxygen atoms in total. The van der Waals surface area contributed by atoms with Gasteiger partial charge in [-0.3, -0.25) is 4.98 Å². The van der Waals surface area contributed by atoms with Crippen LogP contribution in [0.4, 0.5) is 5.69 Å². The molecule has 5 heteroatoms. The van der Waals surface area contributed by atoms with Gasteiger partial charge in [0.05, 0.1) is 0 Å². The molecular formula is C16H29N5. The Hall–Kier alpha value is -1.17. The van der Waals surface area contributed by atoms with Crippen LogP contribution < -0.4 is 11.1 Å². The monoisotopic (exact) mass is 291 g/mol. The fourth-order valence-electron chi connectivity index (χ4n) is 3.09. The lowest BCUT2D eigenvalue weighted by atomic mass is 9.97. The van der Waals surface area contributed by atoms with Gasteiger partial charge in [-0.05, 0) is 45.1 Å². The number of nitrogen functional groups attached to an aromatic ring is 1. The first kappa shape index (κ1) is 16.2. The number of anilines is 1. The van der Waals surface area contributed by atoms with E-state index in [1.54, 1.807) is 6.20 Å². The Kier molecular flexibility index (Phi) is 5.96. The standard InChI is InChI=1S/C16H29N5/c1-4-19-14(9-13-11-18-6-5-16(13)17)10-15-12-20(2)7-8-21(15)3/h5-6,11,14-15,19H,4,7-10,12H2,1-3H3,(H2,17,18). The van der Waals surface area contributed by atoms with Crippen molar-refractivity contribution in [1.29, 1.82) is 0 Å². The minimum Gasteiger partial charge on any atom is -0.398 e. The molecule has 1 aromatic heterocycles. The molecular weight excluding hydrogens is 262 g/mol. The summed E-state index contributed by atoms with van der Waals surface area (Å²) in [5.41, 5.74) is 8.06. The van der Waals surface area contributed by atoms with Crippen molar-refractivity contribution in [3.05, 3.63) is 24.0 Å². The molecule has 0 aromatic carbocycles. The third-order valence-electron chi connectivity index (χ3n) is 4.44. The highest BCUT2D eigenvalue weighted by Crippen LogP contribution is 2.17. The Balaban J connectivity index is 2.00. The highest BCUT2D eigenvalue weighted by Gasteiger charge is 2.25. The van der Waals surface area contributed by atoms with Gasteiger partial charge in [0.15, 0.2) is 0 Å². The molecule has 0 spiro atoms. The number of piperazine rings is 1. The largest absolute Gasteiger partial charge is 0.398 e. The summed E-state index contributed by atoms with van der Waals surface area (Å²) >= 11 is 0. The third kappa shape index (κ3) is 4.66. The highest BCUT2D eigenvalue weighted by molar-refractivity contribution is 5.44. The van der Waals surface area contributed by atoms with Crippen LogP contribution in [-0.2, 0) is 6.42 Å². The maximum atomic E-state index is 6.06. The smallest absolute Gasteiger partial charge is 0.0378 e. The van der Waals surface area contributed by atoms with Crippen molar-refractivity contribution in [2.24, 2.45) is 0 Å². The van der Waals surface area contributed by atoms with E-state index in [0.717, 1.165) is 50.3 Å². The second kappa shape index (κ2) is 7.73. The average molecular weight is 291 g/mol. The molecule has 0 bridgehead atoms. The lowest BCUT2D eigenvalue weighted by molar-refractivity contribution is 0.101. The SMILES string of the molecule is CCNC(Cc1cnccc1N)CC1CN(C)CCN1C. The van der Waals surface area contributed by atoms with Crippen molar-refractivity contribution in [1.82, 2.24) is 20.1 Å². The van der Waals surface area contributed by atoms with Crippen molar-refractivity contribution in [3.63, 3.8) is 0 Å². The molecule has 1 aromatic rings. The molecule has 118 valence electrons. The quantitative estimate of drug-likeness (QED) is 0.813. The molecule has 0 radical (unpaired) electrons. The molecule has 2 atom stereocenters. The third-order valence-corrected chi connectivity index (χ3v) is 4.44. The summed E-state index contributed by atoms with van der Waals surface area (Å²) in [6.07, 6.45) is 5.74. The maximum Gasteiger partial charge on any atom is 0.0378 e. The van der Waals surface area contributed by atoms with Gasteiger partial charge < -0.3 is 20.9 Å². The number of rotatable bonds is 6. The van der Waals surface area contributed by atoms with Crippen molar-refractivity contribution in [2.75, 3.05) is 46.0 Å². The van der Waals surface area contributed by atoms with Gasteiger partial charge in [0, 0.05) is 49.8 Å². The van der Waals surface area contributed by atoms with E-state index in [-0.39, 0.29) is 0 Å². The van der Waals surface area contributed by atoms with E-state index in [0.29, 0.717) is 12.1 Å². The molecule has 1 aliphatic heterocycles. The van der Waals surface area contributed by atoms with E-state index < -0.39 is 0 Å². The Labute approximate surface area is 128 Å². The summed E-state index contributed by atoms with van der Waals surface area (Å²) in [4.78, 5) is 9.11. The molecule has 0 amide bonds. The Morgan fingerprint density at radius 2 is 2.24 bits per heavy atom. The van der Waals surface area contributed by atoms with E-state index in [1.165, 1.54) is 0 Å². The number of likely N-dealkylation sites (N-methyl/N-ethyl adjacent to an activating group) is 3. The molecule has 0 aliphatic carbocycles. The van der Waals surface area contributed by atoms with E-state index in [2.05, 4.69) is 41.1 Å². The summed E-state index contributed by atoms with van der Waals surface area (Å²) < 4.78 is 0. The van der Waals surface area contributed by atoms with Crippen LogP contribution in [0.5, 0.6) is 0 Å². The zero-order valence-electron chi connectivity index (χ0n) is 13.5. The number of hydrogen-bond acceptors (Lipinski definition) is 5. The van der Waals surface area contributed by atoms with Crippen molar-refractivity contribution < 1.29 is 0 Å².